The first-order valence-corrected chi connectivity index (χ1v) is 24.3. The lowest BCUT2D eigenvalue weighted by Crippen LogP contribution is -2.64. The number of aliphatic hydroxyl groups is 2. The van der Waals surface area contributed by atoms with Gasteiger partial charge < -0.3 is 63.3 Å². The molecule has 0 saturated carbocycles. The average molecular weight is 926 g/mol. The van der Waals surface area contributed by atoms with Crippen molar-refractivity contribution in [1.29, 1.82) is 0 Å². The quantitative estimate of drug-likeness (QED) is 0.139. The number of carbonyl (C=O) groups excluding carboxylic acids is 1. The zero-order chi connectivity index (χ0) is 48.3. The maximum atomic E-state index is 14.4. The van der Waals surface area contributed by atoms with Crippen LogP contribution in [-0.4, -0.2) is 134 Å². The fourth-order valence-corrected chi connectivity index (χ4v) is 10.8. The van der Waals surface area contributed by atoms with E-state index < -0.39 is 102 Å². The van der Waals surface area contributed by atoms with Crippen LogP contribution in [-0.2, 0) is 52.2 Å². The van der Waals surface area contributed by atoms with Crippen LogP contribution in [0.25, 0.3) is 0 Å². The minimum absolute atomic E-state index is 0.0281. The first kappa shape index (κ1) is 52.6. The summed E-state index contributed by atoms with van der Waals surface area (Å²) in [4.78, 5) is 14.4. The van der Waals surface area contributed by atoms with Crippen molar-refractivity contribution in [3.63, 3.8) is 0 Å². The Kier molecular flexibility index (Phi) is 17.5. The topological polar surface area (TPSA) is 176 Å². The highest BCUT2D eigenvalue weighted by atomic mass is 16.7. The molecule has 0 aromatic carbocycles. The van der Waals surface area contributed by atoms with E-state index in [-0.39, 0.29) is 30.5 Å². The van der Waals surface area contributed by atoms with Gasteiger partial charge >= 0.3 is 5.97 Å². The summed E-state index contributed by atoms with van der Waals surface area (Å²) in [7, 11) is 3.23. The van der Waals surface area contributed by atoms with Crippen molar-refractivity contribution in [3.05, 3.63) is 59.3 Å². The highest BCUT2D eigenvalue weighted by Crippen LogP contribution is 2.47. The molecular weight excluding hydrogens is 847 g/mol. The molecule has 4 fully saturated rings. The standard InChI is InChI=1S/C50H73NO13.C2H6/c1-12-27(3)44-30(6)19-20-48(64-44)25-36-22-35(63-48)18-17-29(5)43(28(4)15-14-16-34-26-57-46-42(52)31(7)21-37(47(53)60-36)50(34,46)54)61-40-23-38(55-10)45(32(8)58-40)62-41-24-39(56-11)49(51,13-2)33(9)59-41;1-2/h2,14-17,19-21,27-28,30,32-33,35-46,52,54H,12,18,22-26,51H2,1,3-11H3;1-2H3/b15-14+,29-17+,34-16+;/t27?,28-,30-,32?,33?,35?,36-,37-,38?,39?,40-,41-,42?,43-,44?,45-,46?,48?,49?,50+;/m0./s1. The Hall–Kier alpha value is -2.75. The van der Waals surface area contributed by atoms with Crippen LogP contribution in [0.2, 0.25) is 0 Å². The third-order valence-corrected chi connectivity index (χ3v) is 15.1. The molecule has 6 heterocycles. The number of hydrogen-bond donors (Lipinski definition) is 3. The predicted molar refractivity (Wildman–Crippen MR) is 248 cm³/mol. The fourth-order valence-electron chi connectivity index (χ4n) is 10.8. The first-order chi connectivity index (χ1) is 31.4. The van der Waals surface area contributed by atoms with E-state index in [1.807, 2.05) is 52.8 Å². The maximum absolute atomic E-state index is 14.4. The van der Waals surface area contributed by atoms with Gasteiger partial charge in [0, 0.05) is 51.7 Å². The van der Waals surface area contributed by atoms with E-state index in [0.29, 0.717) is 43.3 Å². The van der Waals surface area contributed by atoms with E-state index in [2.05, 4.69) is 45.8 Å². The second-order valence-electron chi connectivity index (χ2n) is 19.4. The van der Waals surface area contributed by atoms with Gasteiger partial charge in [0.25, 0.3) is 0 Å². The van der Waals surface area contributed by atoms with Crippen LogP contribution in [0.5, 0.6) is 0 Å². The van der Waals surface area contributed by atoms with Gasteiger partial charge in [0.1, 0.15) is 41.5 Å². The summed E-state index contributed by atoms with van der Waals surface area (Å²) in [6, 6.07) is 0. The molecule has 7 rings (SSSR count). The molecular formula is C52H79NO13. The number of methoxy groups -OCH3 is 2. The molecule has 14 heteroatoms. The largest absolute Gasteiger partial charge is 0.462 e. The highest BCUT2D eigenvalue weighted by Gasteiger charge is 2.60. The normalized spacial score (nSPS) is 47.6. The maximum Gasteiger partial charge on any atom is 0.316 e. The molecule has 0 aromatic heterocycles. The molecule has 20 atom stereocenters. The molecule has 370 valence electrons. The summed E-state index contributed by atoms with van der Waals surface area (Å²) in [5.74, 6) is 0.0694. The van der Waals surface area contributed by atoms with Gasteiger partial charge in [-0.05, 0) is 62.8 Å². The second kappa shape index (κ2) is 21.9. The Morgan fingerprint density at radius 2 is 1.70 bits per heavy atom. The zero-order valence-electron chi connectivity index (χ0n) is 41.3. The van der Waals surface area contributed by atoms with E-state index in [9.17, 15) is 15.0 Å². The molecule has 0 radical (unpaired) electrons. The van der Waals surface area contributed by atoms with Gasteiger partial charge in [0.05, 0.1) is 49.3 Å². The lowest BCUT2D eigenvalue weighted by molar-refractivity contribution is -0.314. The molecule has 11 unspecified atom stereocenters. The van der Waals surface area contributed by atoms with Gasteiger partial charge in [0.15, 0.2) is 18.4 Å². The summed E-state index contributed by atoms with van der Waals surface area (Å²) in [5.41, 5.74) is 5.53. The Morgan fingerprint density at radius 3 is 2.38 bits per heavy atom. The average Bonchev–Trinajstić information content (AvgIpc) is 3.64. The minimum atomic E-state index is -1.84. The number of nitrogens with two attached hydrogens (primary N) is 1. The molecule has 6 aliphatic heterocycles. The Bertz CT molecular complexity index is 1870. The van der Waals surface area contributed by atoms with Crippen molar-refractivity contribution in [2.24, 2.45) is 29.4 Å². The number of hydrogen-bond acceptors (Lipinski definition) is 14. The summed E-state index contributed by atoms with van der Waals surface area (Å²) in [5, 5.41) is 23.8. The smallest absolute Gasteiger partial charge is 0.316 e. The van der Waals surface area contributed by atoms with Gasteiger partial charge in [0.2, 0.25) is 0 Å². The molecule has 2 bridgehead atoms. The summed E-state index contributed by atoms with van der Waals surface area (Å²) < 4.78 is 64.2. The van der Waals surface area contributed by atoms with Gasteiger partial charge in [-0.2, -0.15) is 0 Å². The van der Waals surface area contributed by atoms with Crippen molar-refractivity contribution < 1.29 is 62.4 Å². The van der Waals surface area contributed by atoms with E-state index in [0.717, 1.165) is 12.0 Å². The summed E-state index contributed by atoms with van der Waals surface area (Å²) in [6.45, 7) is 20.1. The number of ether oxygens (including phenoxy) is 10. The van der Waals surface area contributed by atoms with Gasteiger partial charge in [-0.25, -0.2) is 0 Å². The summed E-state index contributed by atoms with van der Waals surface area (Å²) >= 11 is 0. The second-order valence-corrected chi connectivity index (χ2v) is 19.4. The third-order valence-electron chi connectivity index (χ3n) is 15.1. The van der Waals surface area contributed by atoms with Crippen LogP contribution in [0.15, 0.2) is 59.3 Å². The van der Waals surface area contributed by atoms with E-state index in [1.165, 1.54) is 0 Å². The Balaban J connectivity index is 0.00000355. The minimum Gasteiger partial charge on any atom is -0.462 e. The molecule has 4 N–H and O–H groups in total. The van der Waals surface area contributed by atoms with Gasteiger partial charge in [-0.1, -0.05) is 90.3 Å². The highest BCUT2D eigenvalue weighted by molar-refractivity contribution is 5.78. The van der Waals surface area contributed by atoms with Crippen LogP contribution >= 0.6 is 0 Å². The van der Waals surface area contributed by atoms with Crippen LogP contribution in [0.1, 0.15) is 108 Å². The van der Waals surface area contributed by atoms with Gasteiger partial charge in [-0.15, -0.1) is 6.42 Å². The lowest BCUT2D eigenvalue weighted by Gasteiger charge is -2.48. The summed E-state index contributed by atoms with van der Waals surface area (Å²) in [6.07, 6.45) is 14.8. The Labute approximate surface area is 393 Å². The van der Waals surface area contributed by atoms with Crippen molar-refractivity contribution in [3.8, 4) is 12.3 Å². The van der Waals surface area contributed by atoms with Crippen LogP contribution in [0.3, 0.4) is 0 Å². The first-order valence-electron chi connectivity index (χ1n) is 24.3. The Morgan fingerprint density at radius 1 is 0.970 bits per heavy atom. The molecule has 1 spiro atoms. The zero-order valence-corrected chi connectivity index (χ0v) is 41.3. The number of esters is 1. The molecule has 14 nitrogen and oxygen atoms in total. The number of rotatable bonds is 8. The molecule has 1 aliphatic carbocycles. The van der Waals surface area contributed by atoms with Crippen molar-refractivity contribution in [1.82, 2.24) is 0 Å². The number of aliphatic hydroxyl groups excluding tert-OH is 1. The number of carbonyl (C=O) groups is 1. The van der Waals surface area contributed by atoms with E-state index in [4.69, 9.17) is 59.5 Å². The van der Waals surface area contributed by atoms with Crippen LogP contribution in [0, 0.1) is 36.0 Å². The SMILES string of the molecule is C#CC1(N)C(C)O[C@@H](O[C@H]2C(C)O[C@@H](O[C@@H]3/C(C)=C/CC4C[C@@H](CC5(C=C[C@H](C)C(C(C)CC)O5)O4)OC(=O)[C@@H]4C=C(C)C(O)C5OC/C(=C\C=C\[C@@H]3C)[C@]54O)CC2OC)CC1OC.CC. The van der Waals surface area contributed by atoms with Gasteiger partial charge in [-0.3, -0.25) is 4.79 Å². The number of terminal acetylenes is 1. The molecule has 0 aromatic rings. The molecule has 7 aliphatic rings. The third kappa shape index (κ3) is 10.5. The number of fused-ring (bicyclic) bond motifs is 2. The molecule has 4 saturated heterocycles. The fraction of sp³-hybridized carbons (Fsp3) is 0.750. The van der Waals surface area contributed by atoms with Crippen molar-refractivity contribution >= 4 is 5.97 Å². The van der Waals surface area contributed by atoms with E-state index in [1.54, 1.807) is 33.3 Å². The molecule has 0 amide bonds. The van der Waals surface area contributed by atoms with Crippen molar-refractivity contribution in [2.45, 2.75) is 204 Å². The van der Waals surface area contributed by atoms with Crippen molar-refractivity contribution in [2.75, 3.05) is 20.8 Å². The lowest BCUT2D eigenvalue weighted by atomic mass is 9.71. The van der Waals surface area contributed by atoms with Crippen LogP contribution < -0.4 is 5.73 Å². The number of allylic oxidation sites excluding steroid dienone is 2. The monoisotopic (exact) mass is 926 g/mol. The van der Waals surface area contributed by atoms with Crippen LogP contribution in [0.4, 0.5) is 0 Å². The molecule has 66 heavy (non-hydrogen) atoms. The predicted octanol–water partition coefficient (Wildman–Crippen LogP) is 6.37. The van der Waals surface area contributed by atoms with E-state index >= 15 is 0 Å².